The molecule has 3 aromatic rings. The summed E-state index contributed by atoms with van der Waals surface area (Å²) in [5, 5.41) is 10.1. The minimum Gasteiger partial charge on any atom is -0.497 e. The minimum absolute atomic E-state index is 0.00000970. The molecule has 1 saturated heterocycles. The van der Waals surface area contributed by atoms with Crippen LogP contribution < -0.4 is 15.4 Å². The first-order chi connectivity index (χ1) is 17.4. The lowest BCUT2D eigenvalue weighted by atomic mass is 10.2. The Morgan fingerprint density at radius 2 is 1.64 bits per heavy atom. The number of hydrogen-bond donors (Lipinski definition) is 2. The fourth-order valence-corrected chi connectivity index (χ4v) is 3.96. The Hall–Kier alpha value is -4.14. The number of carbonyl (C=O) groups is 3. The van der Waals surface area contributed by atoms with Crippen LogP contribution in [0.15, 0.2) is 54.6 Å². The van der Waals surface area contributed by atoms with Crippen LogP contribution in [0, 0.1) is 5.92 Å². The molecule has 0 aliphatic carbocycles. The van der Waals surface area contributed by atoms with Crippen molar-refractivity contribution >= 4 is 23.4 Å². The third-order valence-electron chi connectivity index (χ3n) is 5.95. The van der Waals surface area contributed by atoms with E-state index in [0.29, 0.717) is 29.2 Å². The van der Waals surface area contributed by atoms with E-state index in [0.717, 1.165) is 25.9 Å². The quantitative estimate of drug-likeness (QED) is 0.501. The molecular formula is C27H31N5O4. The Balaban J connectivity index is 1.56. The maximum atomic E-state index is 13.3. The molecule has 0 saturated carbocycles. The molecule has 36 heavy (non-hydrogen) atoms. The Bertz CT molecular complexity index is 1230. The van der Waals surface area contributed by atoms with Crippen molar-refractivity contribution in [3.05, 3.63) is 71.5 Å². The third kappa shape index (κ3) is 5.73. The highest BCUT2D eigenvalue weighted by Crippen LogP contribution is 2.20. The maximum absolute atomic E-state index is 13.3. The van der Waals surface area contributed by atoms with Crippen molar-refractivity contribution in [1.29, 1.82) is 0 Å². The number of rotatable bonds is 8. The van der Waals surface area contributed by atoms with Crippen LogP contribution in [0.3, 0.4) is 0 Å². The standard InChI is InChI=1S/C27H31N5O4/c1-18(2)17-28-25(33)23-16-24(32(30-23)21-10-12-22(36-3)13-11-21)26(34)29-20-8-6-19(7-9-20)27(35)31-14-4-5-15-31/h6-13,16,18H,4-5,14-15,17H2,1-3H3,(H,28,33)(H,29,34). The summed E-state index contributed by atoms with van der Waals surface area (Å²) in [4.78, 5) is 40.4. The number of nitrogens with one attached hydrogen (secondary N) is 2. The van der Waals surface area contributed by atoms with Crippen LogP contribution in [0.5, 0.6) is 5.75 Å². The second-order valence-electron chi connectivity index (χ2n) is 9.16. The molecule has 1 aromatic heterocycles. The van der Waals surface area contributed by atoms with E-state index >= 15 is 0 Å². The molecule has 0 unspecified atom stereocenters. The summed E-state index contributed by atoms with van der Waals surface area (Å²) in [6.45, 7) is 6.05. The van der Waals surface area contributed by atoms with E-state index < -0.39 is 5.91 Å². The summed E-state index contributed by atoms with van der Waals surface area (Å²) in [6, 6.07) is 15.3. The highest BCUT2D eigenvalue weighted by atomic mass is 16.5. The van der Waals surface area contributed by atoms with Crippen LogP contribution >= 0.6 is 0 Å². The lowest BCUT2D eigenvalue weighted by Gasteiger charge is -2.15. The number of nitrogens with zero attached hydrogens (tertiary/aromatic N) is 3. The first-order valence-corrected chi connectivity index (χ1v) is 12.1. The molecule has 2 N–H and O–H groups in total. The van der Waals surface area contributed by atoms with Crippen molar-refractivity contribution in [2.24, 2.45) is 5.92 Å². The van der Waals surface area contributed by atoms with E-state index in [1.54, 1.807) is 55.6 Å². The van der Waals surface area contributed by atoms with E-state index in [4.69, 9.17) is 4.74 Å². The van der Waals surface area contributed by atoms with Crippen LogP contribution in [-0.4, -0.2) is 59.1 Å². The normalized spacial score (nSPS) is 13.1. The summed E-state index contributed by atoms with van der Waals surface area (Å²) in [6.07, 6.45) is 2.05. The molecule has 1 fully saturated rings. The SMILES string of the molecule is COc1ccc(-n2nc(C(=O)NCC(C)C)cc2C(=O)Nc2ccc(C(=O)N3CCCC3)cc2)cc1. The van der Waals surface area contributed by atoms with Gasteiger partial charge in [-0.2, -0.15) is 5.10 Å². The summed E-state index contributed by atoms with van der Waals surface area (Å²) >= 11 is 0. The van der Waals surface area contributed by atoms with Gasteiger partial charge in [0.15, 0.2) is 5.69 Å². The number of hydrogen-bond acceptors (Lipinski definition) is 5. The maximum Gasteiger partial charge on any atom is 0.274 e. The van der Waals surface area contributed by atoms with Crippen molar-refractivity contribution < 1.29 is 19.1 Å². The number of methoxy groups -OCH3 is 1. The molecule has 188 valence electrons. The third-order valence-corrected chi connectivity index (χ3v) is 5.95. The van der Waals surface area contributed by atoms with Crippen LogP contribution in [-0.2, 0) is 0 Å². The van der Waals surface area contributed by atoms with Crippen molar-refractivity contribution in [3.8, 4) is 11.4 Å². The number of amides is 3. The largest absolute Gasteiger partial charge is 0.497 e. The van der Waals surface area contributed by atoms with Crippen LogP contribution in [0.4, 0.5) is 5.69 Å². The fourth-order valence-electron chi connectivity index (χ4n) is 3.96. The molecule has 1 aliphatic heterocycles. The number of carbonyl (C=O) groups excluding carboxylic acids is 3. The van der Waals surface area contributed by atoms with Gasteiger partial charge in [-0.1, -0.05) is 13.8 Å². The lowest BCUT2D eigenvalue weighted by Crippen LogP contribution is -2.27. The highest BCUT2D eigenvalue weighted by Gasteiger charge is 2.22. The topological polar surface area (TPSA) is 106 Å². The number of aromatic nitrogens is 2. The second kappa shape index (κ2) is 11.1. The Morgan fingerprint density at radius 1 is 0.972 bits per heavy atom. The summed E-state index contributed by atoms with van der Waals surface area (Å²) in [7, 11) is 1.57. The Labute approximate surface area is 210 Å². The predicted octanol–water partition coefficient (Wildman–Crippen LogP) is 3.76. The number of anilines is 1. The van der Waals surface area contributed by atoms with E-state index in [9.17, 15) is 14.4 Å². The molecule has 9 nitrogen and oxygen atoms in total. The van der Waals surface area contributed by atoms with Gasteiger partial charge in [-0.25, -0.2) is 4.68 Å². The predicted molar refractivity (Wildman–Crippen MR) is 137 cm³/mol. The lowest BCUT2D eigenvalue weighted by molar-refractivity contribution is 0.0792. The smallest absolute Gasteiger partial charge is 0.274 e. The van der Waals surface area contributed by atoms with E-state index in [1.165, 1.54) is 10.7 Å². The second-order valence-corrected chi connectivity index (χ2v) is 9.16. The molecule has 9 heteroatoms. The van der Waals surface area contributed by atoms with Crippen LogP contribution in [0.2, 0.25) is 0 Å². The molecule has 0 bridgehead atoms. The Kier molecular flexibility index (Phi) is 7.68. The van der Waals surface area contributed by atoms with Gasteiger partial charge in [-0.15, -0.1) is 0 Å². The van der Waals surface area contributed by atoms with Gasteiger partial charge >= 0.3 is 0 Å². The first kappa shape index (κ1) is 25.0. The van der Waals surface area contributed by atoms with Gasteiger partial charge in [0, 0.05) is 37.0 Å². The van der Waals surface area contributed by atoms with E-state index in [1.807, 2.05) is 18.7 Å². The average molecular weight is 490 g/mol. The minimum atomic E-state index is -0.431. The zero-order chi connectivity index (χ0) is 25.7. The molecule has 2 heterocycles. The van der Waals surface area contributed by atoms with E-state index in [-0.39, 0.29) is 29.1 Å². The zero-order valence-corrected chi connectivity index (χ0v) is 20.8. The molecule has 0 atom stereocenters. The van der Waals surface area contributed by atoms with Crippen molar-refractivity contribution in [2.45, 2.75) is 26.7 Å². The van der Waals surface area contributed by atoms with Gasteiger partial charge in [0.05, 0.1) is 12.8 Å². The van der Waals surface area contributed by atoms with Crippen LogP contribution in [0.1, 0.15) is 58.0 Å². The molecule has 3 amide bonds. The highest BCUT2D eigenvalue weighted by molar-refractivity contribution is 6.05. The van der Waals surface area contributed by atoms with Crippen molar-refractivity contribution in [3.63, 3.8) is 0 Å². The first-order valence-electron chi connectivity index (χ1n) is 12.1. The zero-order valence-electron chi connectivity index (χ0n) is 20.8. The van der Waals surface area contributed by atoms with Gasteiger partial charge in [0.25, 0.3) is 17.7 Å². The van der Waals surface area contributed by atoms with Crippen molar-refractivity contribution in [2.75, 3.05) is 32.1 Å². The number of benzene rings is 2. The molecule has 1 aliphatic rings. The molecule has 2 aromatic carbocycles. The van der Waals surface area contributed by atoms with Gasteiger partial charge < -0.3 is 20.3 Å². The molecule has 4 rings (SSSR count). The molecule has 0 radical (unpaired) electrons. The number of likely N-dealkylation sites (tertiary alicyclic amines) is 1. The molecule has 0 spiro atoms. The monoisotopic (exact) mass is 489 g/mol. The molecular weight excluding hydrogens is 458 g/mol. The number of ether oxygens (including phenoxy) is 1. The van der Waals surface area contributed by atoms with Crippen molar-refractivity contribution in [1.82, 2.24) is 20.0 Å². The summed E-state index contributed by atoms with van der Waals surface area (Å²) < 4.78 is 6.65. The van der Waals surface area contributed by atoms with Gasteiger partial charge in [-0.05, 0) is 67.3 Å². The van der Waals surface area contributed by atoms with Gasteiger partial charge in [0.2, 0.25) is 0 Å². The van der Waals surface area contributed by atoms with Crippen LogP contribution in [0.25, 0.3) is 5.69 Å². The Morgan fingerprint density at radius 3 is 2.25 bits per heavy atom. The van der Waals surface area contributed by atoms with Gasteiger partial charge in [-0.3, -0.25) is 14.4 Å². The average Bonchev–Trinajstić information content (AvgIpc) is 3.58. The van der Waals surface area contributed by atoms with E-state index in [2.05, 4.69) is 15.7 Å². The summed E-state index contributed by atoms with van der Waals surface area (Å²) in [5.74, 6) is 0.158. The summed E-state index contributed by atoms with van der Waals surface area (Å²) in [5.41, 5.74) is 2.07. The fraction of sp³-hybridized carbons (Fsp3) is 0.333. The van der Waals surface area contributed by atoms with Gasteiger partial charge in [0.1, 0.15) is 11.4 Å².